The predicted molar refractivity (Wildman–Crippen MR) is 71.9 cm³/mol. The molecule has 2 aliphatic carbocycles. The highest BCUT2D eigenvalue weighted by Crippen LogP contribution is 2.52. The summed E-state index contributed by atoms with van der Waals surface area (Å²) in [5.74, 6) is 2.79. The van der Waals surface area contributed by atoms with Crippen LogP contribution in [0.5, 0.6) is 0 Å². The molecular weight excluding hydrogens is 224 g/mol. The van der Waals surface area contributed by atoms with E-state index in [1.807, 2.05) is 13.0 Å². The van der Waals surface area contributed by atoms with Crippen LogP contribution in [-0.4, -0.2) is 16.8 Å². The molecule has 2 heteroatoms. The Morgan fingerprint density at radius 1 is 1.33 bits per heavy atom. The first-order valence-corrected chi connectivity index (χ1v) is 7.19. The van der Waals surface area contributed by atoms with Crippen molar-refractivity contribution in [3.05, 3.63) is 23.0 Å². The third-order valence-corrected chi connectivity index (χ3v) is 5.15. The van der Waals surface area contributed by atoms with Gasteiger partial charge in [-0.2, -0.15) is 0 Å². The van der Waals surface area contributed by atoms with Crippen LogP contribution in [0.3, 0.4) is 0 Å². The maximum atomic E-state index is 10.4. The average molecular weight is 248 g/mol. The molecule has 0 spiro atoms. The van der Waals surface area contributed by atoms with Crippen molar-refractivity contribution < 1.29 is 9.84 Å². The van der Waals surface area contributed by atoms with Crippen molar-refractivity contribution in [1.29, 1.82) is 0 Å². The van der Waals surface area contributed by atoms with E-state index < -0.39 is 6.10 Å². The maximum absolute atomic E-state index is 10.4. The minimum absolute atomic E-state index is 0.0928. The van der Waals surface area contributed by atoms with E-state index in [0.29, 0.717) is 11.8 Å². The van der Waals surface area contributed by atoms with Crippen LogP contribution in [0.25, 0.3) is 0 Å². The van der Waals surface area contributed by atoms with Crippen LogP contribution in [0.1, 0.15) is 47.0 Å². The van der Waals surface area contributed by atoms with Crippen molar-refractivity contribution in [2.45, 2.75) is 58.7 Å². The first-order chi connectivity index (χ1) is 8.40. The molecule has 1 saturated carbocycles. The van der Waals surface area contributed by atoms with E-state index in [1.54, 1.807) is 0 Å². The number of aliphatic hydroxyl groups excluding tert-OH is 1. The molecular formula is C16H24O2. The van der Waals surface area contributed by atoms with Crippen molar-refractivity contribution in [3.8, 4) is 0 Å². The van der Waals surface area contributed by atoms with Gasteiger partial charge < -0.3 is 9.84 Å². The van der Waals surface area contributed by atoms with E-state index in [4.69, 9.17) is 4.74 Å². The highest BCUT2D eigenvalue weighted by molar-refractivity contribution is 5.43. The van der Waals surface area contributed by atoms with Crippen LogP contribution in [0.2, 0.25) is 0 Å². The fraction of sp³-hybridized carbons (Fsp3) is 0.750. The summed E-state index contributed by atoms with van der Waals surface area (Å²) >= 11 is 0. The van der Waals surface area contributed by atoms with E-state index in [0.717, 1.165) is 17.3 Å². The van der Waals surface area contributed by atoms with Crippen molar-refractivity contribution in [2.75, 3.05) is 0 Å². The lowest BCUT2D eigenvalue weighted by molar-refractivity contribution is -0.0719. The van der Waals surface area contributed by atoms with Crippen molar-refractivity contribution in [2.24, 2.45) is 17.8 Å². The van der Waals surface area contributed by atoms with Gasteiger partial charge in [-0.05, 0) is 57.1 Å². The Hall–Kier alpha value is -0.760. The fourth-order valence-corrected chi connectivity index (χ4v) is 4.14. The average Bonchev–Trinajstić information content (AvgIpc) is 2.53. The zero-order valence-electron chi connectivity index (χ0n) is 11.9. The van der Waals surface area contributed by atoms with E-state index in [9.17, 15) is 5.11 Å². The van der Waals surface area contributed by atoms with Gasteiger partial charge >= 0.3 is 0 Å². The molecule has 3 unspecified atom stereocenters. The van der Waals surface area contributed by atoms with Gasteiger partial charge in [0, 0.05) is 11.5 Å². The fourth-order valence-electron chi connectivity index (χ4n) is 4.14. The lowest BCUT2D eigenvalue weighted by Gasteiger charge is -2.49. The van der Waals surface area contributed by atoms with Crippen LogP contribution in [0.15, 0.2) is 23.0 Å². The number of rotatable bonds is 0. The summed E-state index contributed by atoms with van der Waals surface area (Å²) in [6, 6.07) is 0. The Balaban J connectivity index is 2.01. The predicted octanol–water partition coefficient (Wildman–Crippen LogP) is 3.42. The third-order valence-electron chi connectivity index (χ3n) is 5.15. The molecule has 0 saturated heterocycles. The first-order valence-electron chi connectivity index (χ1n) is 7.19. The Morgan fingerprint density at radius 2 is 2.06 bits per heavy atom. The Morgan fingerprint density at radius 3 is 2.78 bits per heavy atom. The topological polar surface area (TPSA) is 29.5 Å². The van der Waals surface area contributed by atoms with E-state index in [1.165, 1.54) is 24.8 Å². The minimum Gasteiger partial charge on any atom is -0.487 e. The number of ether oxygens (including phenoxy) is 1. The maximum Gasteiger partial charge on any atom is 0.122 e. The molecule has 0 aromatic heterocycles. The highest BCUT2D eigenvalue weighted by atomic mass is 16.5. The summed E-state index contributed by atoms with van der Waals surface area (Å²) < 4.78 is 6.19. The normalized spacial score (nSPS) is 41.9. The molecule has 0 bridgehead atoms. The van der Waals surface area contributed by atoms with Gasteiger partial charge in [-0.3, -0.25) is 0 Å². The van der Waals surface area contributed by atoms with Crippen molar-refractivity contribution >= 4 is 0 Å². The summed E-state index contributed by atoms with van der Waals surface area (Å²) in [6.45, 7) is 8.75. The number of hydrogen-bond acceptors (Lipinski definition) is 2. The second kappa shape index (κ2) is 3.86. The van der Waals surface area contributed by atoms with Gasteiger partial charge in [-0.25, -0.2) is 0 Å². The second-order valence-corrected chi connectivity index (χ2v) is 6.95. The molecule has 18 heavy (non-hydrogen) atoms. The Labute approximate surface area is 110 Å². The van der Waals surface area contributed by atoms with Gasteiger partial charge in [0.15, 0.2) is 0 Å². The zero-order chi connectivity index (χ0) is 13.1. The molecule has 2 nitrogen and oxygen atoms in total. The van der Waals surface area contributed by atoms with Crippen LogP contribution >= 0.6 is 0 Å². The summed E-state index contributed by atoms with van der Waals surface area (Å²) in [6.07, 6.45) is 5.36. The minimum atomic E-state index is -0.395. The molecule has 100 valence electrons. The van der Waals surface area contributed by atoms with Gasteiger partial charge in [0.1, 0.15) is 17.5 Å². The van der Waals surface area contributed by atoms with Gasteiger partial charge in [0.25, 0.3) is 0 Å². The van der Waals surface area contributed by atoms with Gasteiger partial charge in [-0.15, -0.1) is 0 Å². The standard InChI is InChI=1S/C16H24O2/c1-9-5-6-12-11(7-9)14-13(18-16(12,3)4)8-10(2)15(14)17/h8-9,11-12,15,17H,5-7H2,1-4H3/t9?,11?,12?,15-/m1/s1. The molecule has 3 aliphatic rings. The number of hydrogen-bond donors (Lipinski definition) is 1. The van der Waals surface area contributed by atoms with Crippen molar-refractivity contribution in [3.63, 3.8) is 0 Å². The summed E-state index contributed by atoms with van der Waals surface area (Å²) in [5.41, 5.74) is 2.11. The largest absolute Gasteiger partial charge is 0.487 e. The number of aliphatic hydroxyl groups is 1. The van der Waals surface area contributed by atoms with Crippen LogP contribution in [0.4, 0.5) is 0 Å². The van der Waals surface area contributed by atoms with Crippen LogP contribution in [0, 0.1) is 17.8 Å². The molecule has 0 aromatic carbocycles. The molecule has 1 N–H and O–H groups in total. The first kappa shape index (κ1) is 12.3. The highest BCUT2D eigenvalue weighted by Gasteiger charge is 2.49. The lowest BCUT2D eigenvalue weighted by Crippen LogP contribution is -2.47. The van der Waals surface area contributed by atoms with E-state index in [2.05, 4.69) is 20.8 Å². The van der Waals surface area contributed by atoms with Crippen molar-refractivity contribution in [1.82, 2.24) is 0 Å². The lowest BCUT2D eigenvalue weighted by atomic mass is 9.64. The number of allylic oxidation sites excluding steroid dienone is 1. The molecule has 1 fully saturated rings. The van der Waals surface area contributed by atoms with E-state index in [-0.39, 0.29) is 5.60 Å². The summed E-state index contributed by atoms with van der Waals surface area (Å²) in [4.78, 5) is 0. The third kappa shape index (κ3) is 1.65. The molecule has 0 aromatic rings. The molecule has 4 atom stereocenters. The quantitative estimate of drug-likeness (QED) is 0.711. The smallest absolute Gasteiger partial charge is 0.122 e. The van der Waals surface area contributed by atoms with Crippen LogP contribution < -0.4 is 0 Å². The summed E-state index contributed by atoms with van der Waals surface area (Å²) in [5, 5.41) is 10.4. The monoisotopic (exact) mass is 248 g/mol. The second-order valence-electron chi connectivity index (χ2n) is 6.95. The van der Waals surface area contributed by atoms with Gasteiger partial charge in [-0.1, -0.05) is 13.3 Å². The Kier molecular flexibility index (Phi) is 2.64. The SMILES string of the molecule is CC1=CC2=C(C3CC(C)CCC3C(C)(C)O2)[C@@H]1O. The van der Waals surface area contributed by atoms with Crippen LogP contribution in [-0.2, 0) is 4.74 Å². The number of fused-ring (bicyclic) bond motifs is 2. The summed E-state index contributed by atoms with van der Waals surface area (Å²) in [7, 11) is 0. The molecule has 0 radical (unpaired) electrons. The Bertz CT molecular complexity index is 430. The van der Waals surface area contributed by atoms with Gasteiger partial charge in [0.05, 0.1) is 0 Å². The molecule has 0 amide bonds. The molecule has 3 rings (SSSR count). The van der Waals surface area contributed by atoms with E-state index >= 15 is 0 Å². The van der Waals surface area contributed by atoms with Gasteiger partial charge in [0.2, 0.25) is 0 Å². The zero-order valence-corrected chi connectivity index (χ0v) is 11.9. The molecule has 1 heterocycles. The molecule has 1 aliphatic heterocycles.